The number of fused-ring (bicyclic) bond motifs is 1. The van der Waals surface area contributed by atoms with Crippen LogP contribution in [-0.4, -0.2) is 14.6 Å². The average molecular weight is 200 g/mol. The van der Waals surface area contributed by atoms with Crippen LogP contribution in [0.4, 0.5) is 0 Å². The van der Waals surface area contributed by atoms with Gasteiger partial charge >= 0.3 is 0 Å². The first-order valence-corrected chi connectivity index (χ1v) is 4.76. The summed E-state index contributed by atoms with van der Waals surface area (Å²) in [5.41, 5.74) is 2.27. The molecule has 0 radical (unpaired) electrons. The van der Waals surface area contributed by atoms with Crippen molar-refractivity contribution in [3.63, 3.8) is 0 Å². The molecule has 2 aromatic rings. The van der Waals surface area contributed by atoms with E-state index in [-0.39, 0.29) is 5.41 Å². The molecule has 0 aliphatic carbocycles. The Labute approximate surface area is 88.2 Å². The van der Waals surface area contributed by atoms with Crippen LogP contribution < -0.4 is 0 Å². The number of aromatic nitrogens is 3. The standard InChI is InChI=1S/C11H12N4/c1-11(2,3)9-4-8(5-12)10-13-7-14-15(10)6-9/h4,6-7H,1-3H3. The predicted molar refractivity (Wildman–Crippen MR) is 56.4 cm³/mol. The van der Waals surface area contributed by atoms with Gasteiger partial charge in [-0.2, -0.15) is 10.4 Å². The lowest BCUT2D eigenvalue weighted by Gasteiger charge is -2.18. The molecule has 0 bridgehead atoms. The summed E-state index contributed by atoms with van der Waals surface area (Å²) in [6.45, 7) is 6.31. The van der Waals surface area contributed by atoms with Crippen molar-refractivity contribution in [3.05, 3.63) is 29.7 Å². The first-order valence-electron chi connectivity index (χ1n) is 4.76. The van der Waals surface area contributed by atoms with Crippen LogP contribution in [0.5, 0.6) is 0 Å². The Bertz CT molecular complexity index is 540. The highest BCUT2D eigenvalue weighted by Gasteiger charge is 2.16. The Kier molecular flexibility index (Phi) is 1.97. The fourth-order valence-corrected chi connectivity index (χ4v) is 1.42. The maximum absolute atomic E-state index is 9.01. The summed E-state index contributed by atoms with van der Waals surface area (Å²) in [4.78, 5) is 4.04. The second-order valence-corrected chi connectivity index (χ2v) is 4.53. The molecule has 0 atom stereocenters. The smallest absolute Gasteiger partial charge is 0.172 e. The zero-order valence-electron chi connectivity index (χ0n) is 9.02. The van der Waals surface area contributed by atoms with Crippen molar-refractivity contribution in [1.29, 1.82) is 5.26 Å². The molecule has 0 aromatic carbocycles. The Morgan fingerprint density at radius 2 is 2.13 bits per heavy atom. The predicted octanol–water partition coefficient (Wildman–Crippen LogP) is 1.90. The van der Waals surface area contributed by atoms with Gasteiger partial charge in [0.15, 0.2) is 5.65 Å². The molecule has 76 valence electrons. The Hall–Kier alpha value is -1.89. The minimum atomic E-state index is 0.00569. The van der Waals surface area contributed by atoms with Crippen LogP contribution >= 0.6 is 0 Å². The Morgan fingerprint density at radius 3 is 2.73 bits per heavy atom. The van der Waals surface area contributed by atoms with E-state index in [1.165, 1.54) is 6.33 Å². The summed E-state index contributed by atoms with van der Waals surface area (Å²) in [5, 5.41) is 13.1. The fourth-order valence-electron chi connectivity index (χ4n) is 1.42. The molecule has 4 heteroatoms. The van der Waals surface area contributed by atoms with E-state index >= 15 is 0 Å². The molecule has 4 nitrogen and oxygen atoms in total. The highest BCUT2D eigenvalue weighted by Crippen LogP contribution is 2.23. The summed E-state index contributed by atoms with van der Waals surface area (Å²) in [7, 11) is 0. The van der Waals surface area contributed by atoms with Crippen LogP contribution in [0.2, 0.25) is 0 Å². The van der Waals surface area contributed by atoms with E-state index in [0.717, 1.165) is 5.56 Å². The number of hydrogen-bond acceptors (Lipinski definition) is 3. The third-order valence-corrected chi connectivity index (χ3v) is 2.36. The van der Waals surface area contributed by atoms with Gasteiger partial charge in [0.1, 0.15) is 12.4 Å². The first kappa shape index (κ1) is 9.66. The fraction of sp³-hybridized carbons (Fsp3) is 0.364. The van der Waals surface area contributed by atoms with Gasteiger partial charge in [-0.1, -0.05) is 20.8 Å². The van der Waals surface area contributed by atoms with E-state index in [1.54, 1.807) is 4.52 Å². The van der Waals surface area contributed by atoms with Crippen molar-refractivity contribution in [3.8, 4) is 6.07 Å². The summed E-state index contributed by atoms with van der Waals surface area (Å²) >= 11 is 0. The molecule has 15 heavy (non-hydrogen) atoms. The van der Waals surface area contributed by atoms with Gasteiger partial charge in [0.05, 0.1) is 5.56 Å². The normalized spacial score (nSPS) is 11.6. The number of nitrogens with zero attached hydrogens (tertiary/aromatic N) is 4. The van der Waals surface area contributed by atoms with Crippen molar-refractivity contribution in [1.82, 2.24) is 14.6 Å². The molecular weight excluding hydrogens is 188 g/mol. The topological polar surface area (TPSA) is 54.0 Å². The van der Waals surface area contributed by atoms with Gasteiger partial charge in [-0.15, -0.1) is 0 Å². The maximum Gasteiger partial charge on any atom is 0.172 e. The first-order chi connectivity index (χ1) is 7.02. The molecule has 0 N–H and O–H groups in total. The molecule has 0 aliphatic rings. The second kappa shape index (κ2) is 3.06. The van der Waals surface area contributed by atoms with Gasteiger partial charge in [-0.25, -0.2) is 9.50 Å². The van der Waals surface area contributed by atoms with Crippen LogP contribution in [-0.2, 0) is 5.41 Å². The highest BCUT2D eigenvalue weighted by atomic mass is 15.3. The van der Waals surface area contributed by atoms with Crippen LogP contribution in [0.25, 0.3) is 5.65 Å². The van der Waals surface area contributed by atoms with E-state index < -0.39 is 0 Å². The third kappa shape index (κ3) is 1.57. The van der Waals surface area contributed by atoms with Gasteiger partial charge in [0.25, 0.3) is 0 Å². The molecule has 2 aromatic heterocycles. The molecule has 0 aliphatic heterocycles. The van der Waals surface area contributed by atoms with E-state index in [9.17, 15) is 0 Å². The SMILES string of the molecule is CC(C)(C)c1cc(C#N)c2ncnn2c1. The van der Waals surface area contributed by atoms with Crippen LogP contribution in [0.15, 0.2) is 18.6 Å². The van der Waals surface area contributed by atoms with Crippen LogP contribution in [0, 0.1) is 11.3 Å². The third-order valence-electron chi connectivity index (χ3n) is 2.36. The van der Waals surface area contributed by atoms with Gasteiger partial charge in [-0.3, -0.25) is 0 Å². The number of rotatable bonds is 0. The van der Waals surface area contributed by atoms with Crippen molar-refractivity contribution in [2.24, 2.45) is 0 Å². The molecule has 0 fully saturated rings. The summed E-state index contributed by atoms with van der Waals surface area (Å²) in [6.07, 6.45) is 3.38. The molecular formula is C11H12N4. The van der Waals surface area contributed by atoms with Crippen molar-refractivity contribution in [2.75, 3.05) is 0 Å². The zero-order valence-corrected chi connectivity index (χ0v) is 9.02. The van der Waals surface area contributed by atoms with Crippen molar-refractivity contribution < 1.29 is 0 Å². The summed E-state index contributed by atoms with van der Waals surface area (Å²) < 4.78 is 1.65. The molecule has 2 rings (SSSR count). The molecule has 0 unspecified atom stereocenters. The Morgan fingerprint density at radius 1 is 1.40 bits per heavy atom. The lowest BCUT2D eigenvalue weighted by molar-refractivity contribution is 0.584. The monoisotopic (exact) mass is 200 g/mol. The minimum absolute atomic E-state index is 0.00569. The number of nitriles is 1. The zero-order chi connectivity index (χ0) is 11.1. The average Bonchev–Trinajstić information content (AvgIpc) is 2.62. The van der Waals surface area contributed by atoms with Crippen molar-refractivity contribution >= 4 is 5.65 Å². The molecule has 2 heterocycles. The molecule has 0 saturated heterocycles. The summed E-state index contributed by atoms with van der Waals surface area (Å²) in [6, 6.07) is 4.02. The van der Waals surface area contributed by atoms with E-state index in [1.807, 2.05) is 12.3 Å². The maximum atomic E-state index is 9.01. The Balaban J connectivity index is 2.76. The molecule has 0 saturated carbocycles. The second-order valence-electron chi connectivity index (χ2n) is 4.53. The van der Waals surface area contributed by atoms with Crippen LogP contribution in [0.3, 0.4) is 0 Å². The van der Waals surface area contributed by atoms with Crippen LogP contribution in [0.1, 0.15) is 31.9 Å². The van der Waals surface area contributed by atoms with Gasteiger partial charge in [0, 0.05) is 6.20 Å². The highest BCUT2D eigenvalue weighted by molar-refractivity contribution is 5.55. The largest absolute Gasteiger partial charge is 0.219 e. The quantitative estimate of drug-likeness (QED) is 0.652. The lowest BCUT2D eigenvalue weighted by atomic mass is 9.87. The summed E-state index contributed by atoms with van der Waals surface area (Å²) in [5.74, 6) is 0. The van der Waals surface area contributed by atoms with Gasteiger partial charge in [0.2, 0.25) is 0 Å². The van der Waals surface area contributed by atoms with E-state index in [0.29, 0.717) is 11.2 Å². The van der Waals surface area contributed by atoms with Gasteiger partial charge < -0.3 is 0 Å². The van der Waals surface area contributed by atoms with Gasteiger partial charge in [-0.05, 0) is 17.0 Å². The van der Waals surface area contributed by atoms with E-state index in [4.69, 9.17) is 5.26 Å². The van der Waals surface area contributed by atoms with E-state index in [2.05, 4.69) is 36.9 Å². The molecule has 0 amide bonds. The number of pyridine rings is 1. The minimum Gasteiger partial charge on any atom is -0.219 e. The molecule has 0 spiro atoms. The number of hydrogen-bond donors (Lipinski definition) is 0. The lowest BCUT2D eigenvalue weighted by Crippen LogP contribution is -2.13. The van der Waals surface area contributed by atoms with Crippen molar-refractivity contribution in [2.45, 2.75) is 26.2 Å².